The molecule has 0 aromatic carbocycles. The fraction of sp³-hybridized carbons (Fsp3) is 0.882. The lowest BCUT2D eigenvalue weighted by Gasteiger charge is -2.45. The van der Waals surface area contributed by atoms with Gasteiger partial charge in [-0.05, 0) is 38.0 Å². The molecule has 0 aromatic heterocycles. The second-order valence-electron chi connectivity index (χ2n) is 7.43. The number of rotatable bonds is 2. The van der Waals surface area contributed by atoms with Crippen molar-refractivity contribution in [3.8, 4) is 0 Å². The van der Waals surface area contributed by atoms with Crippen LogP contribution in [0.4, 0.5) is 0 Å². The lowest BCUT2D eigenvalue weighted by Crippen LogP contribution is -2.69. The van der Waals surface area contributed by atoms with E-state index in [1.165, 1.54) is 25.7 Å². The second kappa shape index (κ2) is 5.62. The molecule has 118 valence electrons. The minimum atomic E-state index is -0.568. The van der Waals surface area contributed by atoms with E-state index >= 15 is 0 Å². The molecule has 21 heavy (non-hydrogen) atoms. The molecule has 4 heteroatoms. The molecule has 0 radical (unpaired) electrons. The van der Waals surface area contributed by atoms with Crippen molar-refractivity contribution in [1.82, 2.24) is 10.2 Å². The van der Waals surface area contributed by atoms with Crippen LogP contribution in [0.15, 0.2) is 0 Å². The van der Waals surface area contributed by atoms with E-state index < -0.39 is 5.54 Å². The average molecular weight is 292 g/mol. The number of hydrogen-bond acceptors (Lipinski definition) is 2. The molecule has 1 spiro atoms. The largest absolute Gasteiger partial charge is 0.340 e. The van der Waals surface area contributed by atoms with E-state index in [9.17, 15) is 9.59 Å². The molecular weight excluding hydrogens is 264 g/mol. The molecule has 1 N–H and O–H groups in total. The van der Waals surface area contributed by atoms with Gasteiger partial charge in [0.15, 0.2) is 0 Å². The highest BCUT2D eigenvalue weighted by atomic mass is 16.2. The zero-order valence-electron chi connectivity index (χ0n) is 13.4. The summed E-state index contributed by atoms with van der Waals surface area (Å²) in [7, 11) is 0. The van der Waals surface area contributed by atoms with E-state index in [1.807, 2.05) is 11.8 Å². The Morgan fingerprint density at radius 3 is 2.43 bits per heavy atom. The van der Waals surface area contributed by atoms with Crippen LogP contribution in [-0.4, -0.2) is 34.8 Å². The zero-order valence-corrected chi connectivity index (χ0v) is 13.4. The van der Waals surface area contributed by atoms with Gasteiger partial charge in [0.1, 0.15) is 11.6 Å². The predicted molar refractivity (Wildman–Crippen MR) is 81.6 cm³/mol. The fourth-order valence-electron chi connectivity index (χ4n) is 4.46. The van der Waals surface area contributed by atoms with Crippen molar-refractivity contribution in [3.63, 3.8) is 0 Å². The van der Waals surface area contributed by atoms with Crippen molar-refractivity contribution in [3.05, 3.63) is 0 Å². The number of nitrogens with one attached hydrogen (secondary N) is 1. The molecule has 1 heterocycles. The maximum atomic E-state index is 13.0. The highest BCUT2D eigenvalue weighted by Crippen LogP contribution is 2.37. The molecular formula is C17H28N2O2. The Morgan fingerprint density at radius 1 is 1.10 bits per heavy atom. The summed E-state index contributed by atoms with van der Waals surface area (Å²) in [5.74, 6) is 1.46. The SMILES string of the molecule is CC1CCCCC1CN1C(=O)C2(CCCC2)NC(=O)C1C. The highest BCUT2D eigenvalue weighted by molar-refractivity contribution is 5.99. The summed E-state index contributed by atoms with van der Waals surface area (Å²) in [5.41, 5.74) is -0.568. The van der Waals surface area contributed by atoms with Crippen molar-refractivity contribution < 1.29 is 9.59 Å². The number of carbonyl (C=O) groups is 2. The summed E-state index contributed by atoms with van der Waals surface area (Å²) < 4.78 is 0. The van der Waals surface area contributed by atoms with Gasteiger partial charge in [-0.15, -0.1) is 0 Å². The minimum Gasteiger partial charge on any atom is -0.340 e. The third kappa shape index (κ3) is 2.58. The predicted octanol–water partition coefficient (Wildman–Crippen LogP) is 2.47. The summed E-state index contributed by atoms with van der Waals surface area (Å²) in [6, 6.07) is -0.308. The van der Waals surface area contributed by atoms with Crippen LogP contribution in [0.25, 0.3) is 0 Å². The first-order valence-electron chi connectivity index (χ1n) is 8.66. The molecule has 3 rings (SSSR count). The maximum absolute atomic E-state index is 13.0. The monoisotopic (exact) mass is 292 g/mol. The van der Waals surface area contributed by atoms with Gasteiger partial charge in [0.25, 0.3) is 0 Å². The second-order valence-corrected chi connectivity index (χ2v) is 7.43. The van der Waals surface area contributed by atoms with Gasteiger partial charge in [0.2, 0.25) is 11.8 Å². The zero-order chi connectivity index (χ0) is 15.0. The van der Waals surface area contributed by atoms with Crippen molar-refractivity contribution in [1.29, 1.82) is 0 Å². The van der Waals surface area contributed by atoms with Crippen LogP contribution in [0.5, 0.6) is 0 Å². The van der Waals surface area contributed by atoms with Crippen molar-refractivity contribution in [2.24, 2.45) is 11.8 Å². The molecule has 4 nitrogen and oxygen atoms in total. The van der Waals surface area contributed by atoms with E-state index in [0.29, 0.717) is 11.8 Å². The van der Waals surface area contributed by atoms with Crippen LogP contribution in [0.1, 0.15) is 65.2 Å². The Hall–Kier alpha value is -1.06. The smallest absolute Gasteiger partial charge is 0.249 e. The first kappa shape index (κ1) is 14.9. The van der Waals surface area contributed by atoms with Gasteiger partial charge in [-0.25, -0.2) is 0 Å². The van der Waals surface area contributed by atoms with Crippen molar-refractivity contribution >= 4 is 11.8 Å². The van der Waals surface area contributed by atoms with Crippen molar-refractivity contribution in [2.75, 3.05) is 6.54 Å². The Bertz CT molecular complexity index is 429. The third-order valence-corrected chi connectivity index (χ3v) is 6.06. The van der Waals surface area contributed by atoms with Crippen molar-refractivity contribution in [2.45, 2.75) is 76.8 Å². The molecule has 3 aliphatic rings. The van der Waals surface area contributed by atoms with Gasteiger partial charge in [-0.2, -0.15) is 0 Å². The van der Waals surface area contributed by atoms with Gasteiger partial charge < -0.3 is 10.2 Å². The number of nitrogens with zero attached hydrogens (tertiary/aromatic N) is 1. The van der Waals surface area contributed by atoms with Crippen LogP contribution in [0, 0.1) is 11.8 Å². The summed E-state index contributed by atoms with van der Waals surface area (Å²) >= 11 is 0. The number of piperazine rings is 1. The molecule has 0 bridgehead atoms. The first-order valence-corrected chi connectivity index (χ1v) is 8.66. The van der Waals surface area contributed by atoms with E-state index in [2.05, 4.69) is 12.2 Å². The highest BCUT2D eigenvalue weighted by Gasteiger charge is 2.51. The van der Waals surface area contributed by atoms with Crippen LogP contribution in [0.3, 0.4) is 0 Å². The molecule has 3 fully saturated rings. The van der Waals surface area contributed by atoms with E-state index in [4.69, 9.17) is 0 Å². The Morgan fingerprint density at radius 2 is 1.76 bits per heavy atom. The van der Waals surface area contributed by atoms with Crippen LogP contribution < -0.4 is 5.32 Å². The maximum Gasteiger partial charge on any atom is 0.249 e. The molecule has 0 aromatic rings. The van der Waals surface area contributed by atoms with E-state index in [1.54, 1.807) is 0 Å². The van der Waals surface area contributed by atoms with E-state index in [-0.39, 0.29) is 17.9 Å². The van der Waals surface area contributed by atoms with Crippen LogP contribution in [0.2, 0.25) is 0 Å². The minimum absolute atomic E-state index is 0.0416. The Labute approximate surface area is 127 Å². The molecule has 1 aliphatic heterocycles. The van der Waals surface area contributed by atoms with Crippen LogP contribution in [-0.2, 0) is 9.59 Å². The molecule has 2 saturated carbocycles. The third-order valence-electron chi connectivity index (χ3n) is 6.06. The van der Waals surface area contributed by atoms with Gasteiger partial charge in [0, 0.05) is 6.54 Å². The molecule has 1 saturated heterocycles. The average Bonchev–Trinajstić information content (AvgIpc) is 2.93. The Balaban J connectivity index is 1.77. The van der Waals surface area contributed by atoms with Crippen LogP contribution >= 0.6 is 0 Å². The summed E-state index contributed by atoms with van der Waals surface area (Å²) in [5, 5.41) is 3.04. The molecule has 3 atom stereocenters. The molecule has 3 unspecified atom stereocenters. The number of hydrogen-bond donors (Lipinski definition) is 1. The first-order chi connectivity index (χ1) is 10.0. The number of amides is 2. The normalized spacial score (nSPS) is 36.1. The summed E-state index contributed by atoms with van der Waals surface area (Å²) in [6.45, 7) is 4.95. The molecule has 2 aliphatic carbocycles. The quantitative estimate of drug-likeness (QED) is 0.850. The summed E-state index contributed by atoms with van der Waals surface area (Å²) in [6.07, 6.45) is 8.78. The van der Waals surface area contributed by atoms with E-state index in [0.717, 1.165) is 32.2 Å². The van der Waals surface area contributed by atoms with Gasteiger partial charge in [-0.1, -0.05) is 39.0 Å². The van der Waals surface area contributed by atoms with Gasteiger partial charge >= 0.3 is 0 Å². The van der Waals surface area contributed by atoms with Gasteiger partial charge in [0.05, 0.1) is 0 Å². The lowest BCUT2D eigenvalue weighted by atomic mass is 9.79. The lowest BCUT2D eigenvalue weighted by molar-refractivity contribution is -0.155. The number of carbonyl (C=O) groups excluding carboxylic acids is 2. The fourth-order valence-corrected chi connectivity index (χ4v) is 4.46. The standard InChI is InChI=1S/C17H28N2O2/c1-12-7-3-4-8-14(12)11-19-13(2)15(20)18-17(16(19)21)9-5-6-10-17/h12-14H,3-11H2,1-2H3,(H,18,20). The summed E-state index contributed by atoms with van der Waals surface area (Å²) in [4.78, 5) is 27.2. The van der Waals surface area contributed by atoms with Gasteiger partial charge in [-0.3, -0.25) is 9.59 Å². The molecule has 2 amide bonds. The Kier molecular flexibility index (Phi) is 3.98. The topological polar surface area (TPSA) is 49.4 Å².